The zero-order valence-electron chi connectivity index (χ0n) is 13.6. The molecule has 0 aromatic heterocycles. The molecule has 124 valence electrons. The van der Waals surface area contributed by atoms with Gasteiger partial charge in [0.1, 0.15) is 5.75 Å². The average Bonchev–Trinajstić information content (AvgIpc) is 2.97. The first-order chi connectivity index (χ1) is 11.7. The Labute approximate surface area is 141 Å². The summed E-state index contributed by atoms with van der Waals surface area (Å²) in [4.78, 5) is 26.2. The topological polar surface area (TPSA) is 58.6 Å². The normalized spacial score (nSPS) is 17.0. The first-order valence-corrected chi connectivity index (χ1v) is 8.06. The smallest absolute Gasteiger partial charge is 0.251 e. The molecule has 0 aliphatic carbocycles. The number of nitrogens with zero attached hydrogens (tertiary/aromatic N) is 1. The van der Waals surface area contributed by atoms with E-state index in [0.29, 0.717) is 25.1 Å². The maximum Gasteiger partial charge on any atom is 0.251 e. The molecule has 1 unspecified atom stereocenters. The molecule has 24 heavy (non-hydrogen) atoms. The minimum atomic E-state index is -0.184. The van der Waals surface area contributed by atoms with Crippen LogP contribution < -0.4 is 15.0 Å². The highest BCUT2D eigenvalue weighted by molar-refractivity contribution is 5.98. The molecule has 0 radical (unpaired) electrons. The van der Waals surface area contributed by atoms with Gasteiger partial charge in [0.05, 0.1) is 12.6 Å². The number of hydrogen-bond donors (Lipinski definition) is 1. The highest BCUT2D eigenvalue weighted by Crippen LogP contribution is 2.21. The summed E-state index contributed by atoms with van der Waals surface area (Å²) in [6.07, 6.45) is 0.317. The van der Waals surface area contributed by atoms with E-state index in [-0.39, 0.29) is 17.9 Å². The average molecular weight is 324 g/mol. The summed E-state index contributed by atoms with van der Waals surface area (Å²) in [6.45, 7) is 2.99. The lowest BCUT2D eigenvalue weighted by molar-refractivity contribution is -0.117. The van der Waals surface area contributed by atoms with Crippen LogP contribution in [0.15, 0.2) is 54.6 Å². The molecule has 1 heterocycles. The number of para-hydroxylation sites is 1. The summed E-state index contributed by atoms with van der Waals surface area (Å²) in [6, 6.07) is 16.3. The monoisotopic (exact) mass is 324 g/mol. The van der Waals surface area contributed by atoms with Gasteiger partial charge < -0.3 is 15.0 Å². The largest absolute Gasteiger partial charge is 0.494 e. The molecule has 2 amide bonds. The van der Waals surface area contributed by atoms with Gasteiger partial charge in [-0.15, -0.1) is 0 Å². The summed E-state index contributed by atoms with van der Waals surface area (Å²) in [5.41, 5.74) is 1.42. The van der Waals surface area contributed by atoms with Crippen LogP contribution in [0.1, 0.15) is 23.7 Å². The van der Waals surface area contributed by atoms with Crippen molar-refractivity contribution >= 4 is 17.5 Å². The van der Waals surface area contributed by atoms with Gasteiger partial charge in [-0.3, -0.25) is 9.59 Å². The van der Waals surface area contributed by atoms with Crippen LogP contribution in [-0.2, 0) is 4.79 Å². The highest BCUT2D eigenvalue weighted by atomic mass is 16.5. The Morgan fingerprint density at radius 1 is 1.17 bits per heavy atom. The fraction of sp³-hybridized carbons (Fsp3) is 0.263. The molecule has 0 saturated carbocycles. The zero-order chi connectivity index (χ0) is 16.9. The quantitative estimate of drug-likeness (QED) is 0.920. The van der Waals surface area contributed by atoms with E-state index in [1.54, 1.807) is 29.2 Å². The van der Waals surface area contributed by atoms with Crippen molar-refractivity contribution in [2.75, 3.05) is 18.1 Å². The molecule has 1 fully saturated rings. The standard InChI is InChI=1S/C19H20N2O3/c1-2-24-17-10-8-14(9-11-17)19(23)20-15-12-18(22)21(13-15)16-6-4-3-5-7-16/h3-11,15H,2,12-13H2,1H3,(H,20,23). The maximum atomic E-state index is 12.3. The van der Waals surface area contributed by atoms with Crippen LogP contribution in [0.2, 0.25) is 0 Å². The van der Waals surface area contributed by atoms with Crippen LogP contribution in [-0.4, -0.2) is 31.0 Å². The molecule has 1 saturated heterocycles. The van der Waals surface area contributed by atoms with Crippen LogP contribution in [0.4, 0.5) is 5.69 Å². The fourth-order valence-electron chi connectivity index (χ4n) is 2.80. The Morgan fingerprint density at radius 2 is 1.88 bits per heavy atom. The molecule has 1 N–H and O–H groups in total. The Hall–Kier alpha value is -2.82. The Bertz CT molecular complexity index is 713. The van der Waals surface area contributed by atoms with E-state index >= 15 is 0 Å². The van der Waals surface area contributed by atoms with Gasteiger partial charge in [-0.05, 0) is 43.3 Å². The lowest BCUT2D eigenvalue weighted by Gasteiger charge is -2.17. The van der Waals surface area contributed by atoms with Crippen molar-refractivity contribution in [3.63, 3.8) is 0 Å². The number of rotatable bonds is 5. The molecule has 2 aromatic carbocycles. The summed E-state index contributed by atoms with van der Waals surface area (Å²) in [5, 5.41) is 2.93. The Morgan fingerprint density at radius 3 is 2.54 bits per heavy atom. The van der Waals surface area contributed by atoms with Crippen LogP contribution in [0, 0.1) is 0 Å². The van der Waals surface area contributed by atoms with E-state index in [1.165, 1.54) is 0 Å². The lowest BCUT2D eigenvalue weighted by Crippen LogP contribution is -2.37. The number of benzene rings is 2. The van der Waals surface area contributed by atoms with Gasteiger partial charge in [0, 0.05) is 24.2 Å². The summed E-state index contributed by atoms with van der Waals surface area (Å²) < 4.78 is 5.37. The van der Waals surface area contributed by atoms with Crippen LogP contribution in [0.5, 0.6) is 5.75 Å². The third-order valence-electron chi connectivity index (χ3n) is 3.96. The predicted molar refractivity (Wildman–Crippen MR) is 92.3 cm³/mol. The number of hydrogen-bond acceptors (Lipinski definition) is 3. The first kappa shape index (κ1) is 16.1. The summed E-state index contributed by atoms with van der Waals surface area (Å²) in [7, 11) is 0. The van der Waals surface area contributed by atoms with Gasteiger partial charge in [0.15, 0.2) is 0 Å². The highest BCUT2D eigenvalue weighted by Gasteiger charge is 2.31. The second-order valence-corrected chi connectivity index (χ2v) is 5.67. The molecular weight excluding hydrogens is 304 g/mol. The van der Waals surface area contributed by atoms with Crippen molar-refractivity contribution in [2.24, 2.45) is 0 Å². The van der Waals surface area contributed by atoms with Crippen molar-refractivity contribution in [1.29, 1.82) is 0 Å². The second-order valence-electron chi connectivity index (χ2n) is 5.67. The van der Waals surface area contributed by atoms with Gasteiger partial charge in [-0.25, -0.2) is 0 Å². The molecule has 0 bridgehead atoms. The molecule has 1 aliphatic rings. The summed E-state index contributed by atoms with van der Waals surface area (Å²) in [5.74, 6) is 0.587. The number of ether oxygens (including phenoxy) is 1. The molecule has 1 atom stereocenters. The second kappa shape index (κ2) is 7.17. The van der Waals surface area contributed by atoms with Crippen molar-refractivity contribution in [3.05, 3.63) is 60.2 Å². The molecule has 0 spiro atoms. The number of carbonyl (C=O) groups is 2. The van der Waals surface area contributed by atoms with Gasteiger partial charge in [-0.1, -0.05) is 18.2 Å². The third-order valence-corrected chi connectivity index (χ3v) is 3.96. The molecule has 2 aromatic rings. The van der Waals surface area contributed by atoms with E-state index in [1.807, 2.05) is 37.3 Å². The van der Waals surface area contributed by atoms with Crippen LogP contribution in [0.3, 0.4) is 0 Å². The number of nitrogens with one attached hydrogen (secondary N) is 1. The fourth-order valence-corrected chi connectivity index (χ4v) is 2.80. The van der Waals surface area contributed by atoms with E-state index in [4.69, 9.17) is 4.74 Å². The number of carbonyl (C=O) groups excluding carboxylic acids is 2. The van der Waals surface area contributed by atoms with Gasteiger partial charge in [0.25, 0.3) is 5.91 Å². The van der Waals surface area contributed by atoms with Crippen molar-refractivity contribution in [1.82, 2.24) is 5.32 Å². The lowest BCUT2D eigenvalue weighted by atomic mass is 10.2. The molecule has 5 heteroatoms. The molecular formula is C19H20N2O3. The number of anilines is 1. The number of amides is 2. The van der Waals surface area contributed by atoms with Gasteiger partial charge in [0.2, 0.25) is 5.91 Å². The van der Waals surface area contributed by atoms with Crippen molar-refractivity contribution in [2.45, 2.75) is 19.4 Å². The predicted octanol–water partition coefficient (Wildman–Crippen LogP) is 2.62. The van der Waals surface area contributed by atoms with Gasteiger partial charge in [-0.2, -0.15) is 0 Å². The maximum absolute atomic E-state index is 12.3. The van der Waals surface area contributed by atoms with Crippen LogP contribution in [0.25, 0.3) is 0 Å². The van der Waals surface area contributed by atoms with Gasteiger partial charge >= 0.3 is 0 Å². The SMILES string of the molecule is CCOc1ccc(C(=O)NC2CC(=O)N(c3ccccc3)C2)cc1. The molecule has 5 nitrogen and oxygen atoms in total. The van der Waals surface area contributed by atoms with E-state index in [0.717, 1.165) is 11.4 Å². The van der Waals surface area contributed by atoms with Crippen molar-refractivity contribution in [3.8, 4) is 5.75 Å². The minimum absolute atomic E-state index is 0.0261. The molecule has 1 aliphatic heterocycles. The first-order valence-electron chi connectivity index (χ1n) is 8.06. The van der Waals surface area contributed by atoms with Crippen LogP contribution >= 0.6 is 0 Å². The molecule has 3 rings (SSSR count). The Balaban J connectivity index is 1.62. The minimum Gasteiger partial charge on any atom is -0.494 e. The summed E-state index contributed by atoms with van der Waals surface area (Å²) >= 11 is 0. The van der Waals surface area contributed by atoms with E-state index in [2.05, 4.69) is 5.32 Å². The third kappa shape index (κ3) is 3.56. The zero-order valence-corrected chi connectivity index (χ0v) is 13.6. The van der Waals surface area contributed by atoms with E-state index in [9.17, 15) is 9.59 Å². The Kier molecular flexibility index (Phi) is 4.79. The van der Waals surface area contributed by atoms with E-state index < -0.39 is 0 Å². The van der Waals surface area contributed by atoms with Crippen molar-refractivity contribution < 1.29 is 14.3 Å².